The van der Waals surface area contributed by atoms with E-state index in [1.807, 2.05) is 0 Å². The van der Waals surface area contributed by atoms with Crippen molar-refractivity contribution in [1.82, 2.24) is 9.71 Å². The number of benzene rings is 1. The third-order valence-electron chi connectivity index (χ3n) is 5.44. The molecule has 1 aliphatic carbocycles. The molecule has 2 N–H and O–H groups in total. The first-order chi connectivity index (χ1) is 16.4. The molecule has 2 aromatic rings. The van der Waals surface area contributed by atoms with Gasteiger partial charge in [0.2, 0.25) is 0 Å². The van der Waals surface area contributed by atoms with Gasteiger partial charge in [-0.1, -0.05) is 69.7 Å². The van der Waals surface area contributed by atoms with Crippen LogP contribution in [-0.4, -0.2) is 22.6 Å². The van der Waals surface area contributed by atoms with Gasteiger partial charge >= 0.3 is 11.7 Å². The lowest BCUT2D eigenvalue weighted by Crippen LogP contribution is -2.22. The lowest BCUT2D eigenvalue weighted by molar-refractivity contribution is -0.127. The maximum absolute atomic E-state index is 12.3. The molecular formula is C23H29F6N3OS2. The van der Waals surface area contributed by atoms with Crippen LogP contribution in [0.3, 0.4) is 0 Å². The predicted octanol–water partition coefficient (Wildman–Crippen LogP) is 8.04. The SMILES string of the molecule is CCC1CCCCC1.Cc1sc(NCc2ccc(CC(F)(F)F)cc2)nc1C(=O)NSC(F)(F)F. The van der Waals surface area contributed by atoms with Crippen LogP contribution in [0.15, 0.2) is 24.3 Å². The van der Waals surface area contributed by atoms with Gasteiger partial charge in [-0.25, -0.2) is 4.98 Å². The summed E-state index contributed by atoms with van der Waals surface area (Å²) in [6.07, 6.45) is 3.64. The first-order valence-electron chi connectivity index (χ1n) is 11.3. The fraction of sp³-hybridized carbons (Fsp3) is 0.565. The van der Waals surface area contributed by atoms with Gasteiger partial charge in [0.05, 0.1) is 18.4 Å². The average molecular weight is 542 g/mol. The number of carbonyl (C=O) groups excluding carboxylic acids is 1. The molecule has 0 spiro atoms. The molecule has 196 valence electrons. The molecule has 0 saturated heterocycles. The maximum atomic E-state index is 12.3. The summed E-state index contributed by atoms with van der Waals surface area (Å²) in [5, 5.41) is 3.21. The normalized spacial score (nSPS) is 14.7. The van der Waals surface area contributed by atoms with Crippen molar-refractivity contribution >= 4 is 34.3 Å². The van der Waals surface area contributed by atoms with Crippen molar-refractivity contribution in [3.05, 3.63) is 46.0 Å². The van der Waals surface area contributed by atoms with Crippen LogP contribution in [-0.2, 0) is 13.0 Å². The molecule has 1 saturated carbocycles. The Bertz CT molecular complexity index is 923. The van der Waals surface area contributed by atoms with Gasteiger partial charge < -0.3 is 5.32 Å². The zero-order valence-electron chi connectivity index (χ0n) is 19.5. The van der Waals surface area contributed by atoms with Crippen LogP contribution in [0.1, 0.15) is 71.9 Å². The number of hydrogen-bond donors (Lipinski definition) is 2. The number of aromatic nitrogens is 1. The summed E-state index contributed by atoms with van der Waals surface area (Å²) in [6.45, 7) is 4.09. The van der Waals surface area contributed by atoms with Crippen LogP contribution in [0.4, 0.5) is 31.5 Å². The molecule has 1 aromatic carbocycles. The van der Waals surface area contributed by atoms with Gasteiger partial charge in [0.15, 0.2) is 5.13 Å². The molecule has 0 unspecified atom stereocenters. The van der Waals surface area contributed by atoms with Gasteiger partial charge in [0.25, 0.3) is 5.91 Å². The second-order valence-corrected chi connectivity index (χ2v) is 10.4. The summed E-state index contributed by atoms with van der Waals surface area (Å²) in [5.41, 5.74) is -3.90. The minimum absolute atomic E-state index is 0.125. The molecule has 1 fully saturated rings. The first-order valence-corrected chi connectivity index (χ1v) is 12.9. The Morgan fingerprint density at radius 2 is 1.66 bits per heavy atom. The van der Waals surface area contributed by atoms with E-state index in [2.05, 4.69) is 17.2 Å². The lowest BCUT2D eigenvalue weighted by Gasteiger charge is -2.18. The molecule has 0 atom stereocenters. The Kier molecular flexibility index (Phi) is 11.2. The van der Waals surface area contributed by atoms with E-state index in [0.717, 1.165) is 17.3 Å². The number of amides is 1. The van der Waals surface area contributed by atoms with Crippen LogP contribution in [0.5, 0.6) is 0 Å². The Hall–Kier alpha value is -1.95. The number of aryl methyl sites for hydroxylation is 1. The van der Waals surface area contributed by atoms with Crippen LogP contribution in [0, 0.1) is 12.8 Å². The molecule has 4 nitrogen and oxygen atoms in total. The number of anilines is 1. The number of alkyl halides is 6. The topological polar surface area (TPSA) is 54.0 Å². The van der Waals surface area contributed by atoms with Gasteiger partial charge in [-0.05, 0) is 24.0 Å². The Morgan fingerprint density at radius 1 is 1.06 bits per heavy atom. The highest BCUT2D eigenvalue weighted by Gasteiger charge is 2.31. The van der Waals surface area contributed by atoms with Crippen molar-refractivity contribution in [2.75, 3.05) is 5.32 Å². The minimum atomic E-state index is -4.60. The van der Waals surface area contributed by atoms with Crippen LogP contribution >= 0.6 is 23.3 Å². The number of carbonyl (C=O) groups is 1. The fourth-order valence-electron chi connectivity index (χ4n) is 3.61. The van der Waals surface area contributed by atoms with Crippen molar-refractivity contribution in [2.45, 2.75) is 77.0 Å². The second kappa shape index (κ2) is 13.4. The molecule has 0 bridgehead atoms. The highest BCUT2D eigenvalue weighted by atomic mass is 32.2. The number of nitrogens with zero attached hydrogens (tertiary/aromatic N) is 1. The molecule has 1 aromatic heterocycles. The number of thiazole rings is 1. The molecule has 0 radical (unpaired) electrons. The van der Waals surface area contributed by atoms with E-state index in [-0.39, 0.29) is 17.8 Å². The van der Waals surface area contributed by atoms with Gasteiger partial charge in [-0.15, -0.1) is 11.3 Å². The van der Waals surface area contributed by atoms with Crippen LogP contribution in [0.25, 0.3) is 0 Å². The number of halogens is 6. The smallest absolute Gasteiger partial charge is 0.357 e. The number of hydrogen-bond acceptors (Lipinski definition) is 5. The molecule has 0 aliphatic heterocycles. The van der Waals surface area contributed by atoms with E-state index >= 15 is 0 Å². The van der Waals surface area contributed by atoms with Crippen molar-refractivity contribution in [3.63, 3.8) is 0 Å². The Balaban J connectivity index is 0.000000456. The highest BCUT2D eigenvalue weighted by Crippen LogP contribution is 2.29. The zero-order valence-corrected chi connectivity index (χ0v) is 21.1. The monoisotopic (exact) mass is 541 g/mol. The summed E-state index contributed by atoms with van der Waals surface area (Å²) in [7, 11) is 0. The zero-order chi connectivity index (χ0) is 26.1. The van der Waals surface area contributed by atoms with Gasteiger partial charge in [0, 0.05) is 11.4 Å². The quantitative estimate of drug-likeness (QED) is 0.275. The maximum Gasteiger partial charge on any atom is 0.461 e. The van der Waals surface area contributed by atoms with Crippen LogP contribution in [0.2, 0.25) is 0 Å². The van der Waals surface area contributed by atoms with Gasteiger partial charge in [-0.3, -0.25) is 9.52 Å². The second-order valence-electron chi connectivity index (χ2n) is 8.28. The lowest BCUT2D eigenvalue weighted by atomic mass is 9.88. The summed E-state index contributed by atoms with van der Waals surface area (Å²) in [6, 6.07) is 5.79. The summed E-state index contributed by atoms with van der Waals surface area (Å²) in [5.74, 6) is 0.124. The van der Waals surface area contributed by atoms with E-state index in [9.17, 15) is 31.1 Å². The van der Waals surface area contributed by atoms with Crippen molar-refractivity contribution in [2.24, 2.45) is 5.92 Å². The molecule has 12 heteroatoms. The van der Waals surface area contributed by atoms with Crippen molar-refractivity contribution in [1.29, 1.82) is 0 Å². The predicted molar refractivity (Wildman–Crippen MR) is 128 cm³/mol. The number of nitrogens with one attached hydrogen (secondary N) is 2. The third kappa shape index (κ3) is 11.6. The van der Waals surface area contributed by atoms with E-state index < -0.39 is 36.0 Å². The molecular weight excluding hydrogens is 512 g/mol. The van der Waals surface area contributed by atoms with Gasteiger partial charge in [0.1, 0.15) is 5.69 Å². The minimum Gasteiger partial charge on any atom is -0.357 e. The Morgan fingerprint density at radius 3 is 2.17 bits per heavy atom. The summed E-state index contributed by atoms with van der Waals surface area (Å²) >= 11 is 0.418. The van der Waals surface area contributed by atoms with Crippen molar-refractivity contribution in [3.8, 4) is 0 Å². The van der Waals surface area contributed by atoms with E-state index in [1.165, 1.54) is 62.8 Å². The molecule has 3 rings (SSSR count). The van der Waals surface area contributed by atoms with E-state index in [0.29, 0.717) is 15.6 Å². The highest BCUT2D eigenvalue weighted by molar-refractivity contribution is 7.98. The molecule has 35 heavy (non-hydrogen) atoms. The summed E-state index contributed by atoms with van der Waals surface area (Å²) in [4.78, 5) is 16.1. The first kappa shape index (κ1) is 29.3. The third-order valence-corrected chi connectivity index (χ3v) is 6.89. The standard InChI is InChI=1S/C15H13F6N3OS2.C8H16/c1-8-11(12(25)24-27-15(19,20)21)23-13(26-8)22-7-10-4-2-9(3-5-10)6-14(16,17)18;1-2-8-6-4-3-5-7-8/h2-5H,6-7H2,1H3,(H,22,23)(H,24,25);8H,2-7H2,1H3. The summed E-state index contributed by atoms with van der Waals surface area (Å²) < 4.78 is 75.0. The molecule has 1 aliphatic rings. The van der Waals surface area contributed by atoms with Crippen LogP contribution < -0.4 is 10.0 Å². The van der Waals surface area contributed by atoms with E-state index in [1.54, 1.807) is 11.6 Å². The molecule has 1 amide bonds. The largest absolute Gasteiger partial charge is 0.461 e. The molecule has 1 heterocycles. The van der Waals surface area contributed by atoms with Crippen molar-refractivity contribution < 1.29 is 31.1 Å². The Labute approximate surface area is 209 Å². The van der Waals surface area contributed by atoms with Gasteiger partial charge in [-0.2, -0.15) is 26.3 Å². The number of rotatable bonds is 7. The average Bonchev–Trinajstić information content (AvgIpc) is 3.17. The fourth-order valence-corrected chi connectivity index (χ4v) is 4.73. The van der Waals surface area contributed by atoms with E-state index in [4.69, 9.17) is 0 Å².